The summed E-state index contributed by atoms with van der Waals surface area (Å²) in [5.41, 5.74) is 15.0. The molecule has 7 aromatic carbocycles. The van der Waals surface area contributed by atoms with E-state index in [1.807, 2.05) is 24.3 Å². The number of hydrogen-bond donors (Lipinski definition) is 0. The summed E-state index contributed by atoms with van der Waals surface area (Å²) >= 11 is 0. The number of rotatable bonds is 5. The van der Waals surface area contributed by atoms with Gasteiger partial charge in [0.2, 0.25) is 0 Å². The highest BCUT2D eigenvalue weighted by atomic mass is 16.3. The van der Waals surface area contributed by atoms with Crippen molar-refractivity contribution in [2.75, 3.05) is 0 Å². The van der Waals surface area contributed by atoms with Gasteiger partial charge in [-0.1, -0.05) is 153 Å². The van der Waals surface area contributed by atoms with Gasteiger partial charge in [0.15, 0.2) is 17.5 Å². The molecule has 0 amide bonds. The monoisotopic (exact) mass is 707 g/mol. The maximum Gasteiger partial charge on any atom is 0.164 e. The number of fused-ring (bicyclic) bond motifs is 8. The Labute approximate surface area is 320 Å². The van der Waals surface area contributed by atoms with Crippen LogP contribution in [0.1, 0.15) is 43.2 Å². The minimum atomic E-state index is 0.104. The summed E-state index contributed by atoms with van der Waals surface area (Å²) in [6.45, 7) is 0. The second-order valence-electron chi connectivity index (χ2n) is 15.1. The van der Waals surface area contributed by atoms with E-state index >= 15 is 0 Å². The molecule has 262 valence electrons. The summed E-state index contributed by atoms with van der Waals surface area (Å²) in [4.78, 5) is 15.4. The molecule has 4 heteroatoms. The van der Waals surface area contributed by atoms with Gasteiger partial charge in [-0.2, -0.15) is 0 Å². The van der Waals surface area contributed by atoms with Gasteiger partial charge in [0, 0.05) is 32.9 Å². The van der Waals surface area contributed by atoms with Gasteiger partial charge < -0.3 is 4.42 Å². The van der Waals surface area contributed by atoms with Gasteiger partial charge in [-0.3, -0.25) is 0 Å². The minimum absolute atomic E-state index is 0.104. The lowest BCUT2D eigenvalue weighted by Crippen LogP contribution is -2.28. The molecule has 1 saturated carbocycles. The number of hydrogen-bond acceptors (Lipinski definition) is 4. The molecule has 11 rings (SSSR count). The molecule has 1 fully saturated rings. The summed E-state index contributed by atoms with van der Waals surface area (Å²) in [7, 11) is 0. The minimum Gasteiger partial charge on any atom is -0.456 e. The number of nitrogens with zero attached hydrogens (tertiary/aromatic N) is 3. The second kappa shape index (κ2) is 12.7. The van der Waals surface area contributed by atoms with Gasteiger partial charge in [-0.25, -0.2) is 15.0 Å². The molecule has 9 aromatic rings. The third-order valence-electron chi connectivity index (χ3n) is 12.0. The van der Waals surface area contributed by atoms with Crippen LogP contribution in [0.3, 0.4) is 0 Å². The maximum absolute atomic E-state index is 6.29. The standard InChI is InChI=1S/C51H37N3O/c1-3-12-33(13-4-1)34-20-22-35(23-21-34)48-52-49(54-50(53-48)39-25-27-43-42-17-6-8-19-46(42)55-47(43)32-39)38-15-11-14-36(30-38)37-24-26-41-40-16-5-7-18-44(40)51(45(41)31-37)28-9-2-10-29-51/h1,3-8,11-27,30-32H,2,9-10,28-29H2. The molecule has 1 spiro atoms. The van der Waals surface area contributed by atoms with E-state index in [0.29, 0.717) is 17.5 Å². The first-order valence-corrected chi connectivity index (χ1v) is 19.4. The highest BCUT2D eigenvalue weighted by molar-refractivity contribution is 6.05. The molecule has 2 aliphatic carbocycles. The van der Waals surface area contributed by atoms with Crippen LogP contribution in [0.4, 0.5) is 0 Å². The zero-order valence-electron chi connectivity index (χ0n) is 30.4. The van der Waals surface area contributed by atoms with Crippen molar-refractivity contribution in [3.63, 3.8) is 0 Å². The Kier molecular flexibility index (Phi) is 7.38. The van der Waals surface area contributed by atoms with Crippen molar-refractivity contribution in [3.05, 3.63) is 175 Å². The molecule has 0 unspecified atom stereocenters. The van der Waals surface area contributed by atoms with Crippen molar-refractivity contribution in [2.45, 2.75) is 37.5 Å². The zero-order chi connectivity index (χ0) is 36.3. The number of para-hydroxylation sites is 1. The summed E-state index contributed by atoms with van der Waals surface area (Å²) in [5.74, 6) is 1.87. The van der Waals surface area contributed by atoms with Gasteiger partial charge >= 0.3 is 0 Å². The van der Waals surface area contributed by atoms with Crippen LogP contribution in [0, 0.1) is 0 Å². The topological polar surface area (TPSA) is 51.8 Å². The molecule has 4 nitrogen and oxygen atoms in total. The van der Waals surface area contributed by atoms with Crippen molar-refractivity contribution >= 4 is 21.9 Å². The molecular weight excluding hydrogens is 671 g/mol. The quantitative estimate of drug-likeness (QED) is 0.179. The Bertz CT molecular complexity index is 2900. The van der Waals surface area contributed by atoms with Crippen molar-refractivity contribution in [1.82, 2.24) is 15.0 Å². The van der Waals surface area contributed by atoms with E-state index in [4.69, 9.17) is 19.4 Å². The van der Waals surface area contributed by atoms with Crippen molar-refractivity contribution < 1.29 is 4.42 Å². The van der Waals surface area contributed by atoms with Gasteiger partial charge in [0.25, 0.3) is 0 Å². The third-order valence-corrected chi connectivity index (χ3v) is 12.0. The van der Waals surface area contributed by atoms with Crippen LogP contribution in [0.2, 0.25) is 0 Å². The van der Waals surface area contributed by atoms with E-state index in [0.717, 1.165) is 49.8 Å². The largest absolute Gasteiger partial charge is 0.456 e. The first-order valence-electron chi connectivity index (χ1n) is 19.4. The zero-order valence-corrected chi connectivity index (χ0v) is 30.4. The van der Waals surface area contributed by atoms with Crippen LogP contribution >= 0.6 is 0 Å². The fourth-order valence-corrected chi connectivity index (χ4v) is 9.24. The van der Waals surface area contributed by atoms with Crippen molar-refractivity contribution in [1.29, 1.82) is 0 Å². The fraction of sp³-hybridized carbons (Fsp3) is 0.118. The maximum atomic E-state index is 6.29. The van der Waals surface area contributed by atoms with Crippen LogP contribution in [0.15, 0.2) is 168 Å². The third kappa shape index (κ3) is 5.32. The van der Waals surface area contributed by atoms with Crippen LogP contribution in [-0.2, 0) is 5.41 Å². The van der Waals surface area contributed by atoms with Crippen LogP contribution in [0.25, 0.3) is 89.5 Å². The average Bonchev–Trinajstić information content (AvgIpc) is 3.76. The smallest absolute Gasteiger partial charge is 0.164 e. The lowest BCUT2D eigenvalue weighted by atomic mass is 9.67. The molecule has 0 radical (unpaired) electrons. The second-order valence-corrected chi connectivity index (χ2v) is 15.1. The first kappa shape index (κ1) is 31.8. The first-order chi connectivity index (χ1) is 27.2. The summed E-state index contributed by atoms with van der Waals surface area (Å²) in [6.07, 6.45) is 6.29. The molecule has 2 aliphatic rings. The lowest BCUT2D eigenvalue weighted by Gasteiger charge is -2.36. The molecule has 0 atom stereocenters. The van der Waals surface area contributed by atoms with Crippen molar-refractivity contribution in [2.24, 2.45) is 0 Å². The predicted octanol–water partition coefficient (Wildman–Crippen LogP) is 13.3. The van der Waals surface area contributed by atoms with E-state index in [-0.39, 0.29) is 5.41 Å². The number of furan rings is 1. The van der Waals surface area contributed by atoms with Gasteiger partial charge in [0.1, 0.15) is 11.2 Å². The molecule has 2 aromatic heterocycles. The number of aromatic nitrogens is 3. The fourth-order valence-electron chi connectivity index (χ4n) is 9.24. The summed E-state index contributed by atoms with van der Waals surface area (Å²) in [5, 5.41) is 2.17. The average molecular weight is 708 g/mol. The molecule has 0 saturated heterocycles. The van der Waals surface area contributed by atoms with Crippen LogP contribution in [-0.4, -0.2) is 15.0 Å². The van der Waals surface area contributed by atoms with E-state index in [2.05, 4.69) is 140 Å². The molecule has 0 aliphatic heterocycles. The Hall–Kier alpha value is -6.65. The molecule has 0 bridgehead atoms. The highest BCUT2D eigenvalue weighted by Crippen LogP contribution is 2.56. The van der Waals surface area contributed by atoms with Crippen LogP contribution in [0.5, 0.6) is 0 Å². The van der Waals surface area contributed by atoms with Gasteiger partial charge in [-0.15, -0.1) is 0 Å². The highest BCUT2D eigenvalue weighted by Gasteiger charge is 2.43. The van der Waals surface area contributed by atoms with E-state index in [9.17, 15) is 0 Å². The molecule has 0 N–H and O–H groups in total. The molecular formula is C51H37N3O. The van der Waals surface area contributed by atoms with Crippen LogP contribution < -0.4 is 0 Å². The SMILES string of the molecule is c1ccc(-c2ccc(-c3nc(-c4cccc(-c5ccc6c(c5)C5(CCCCC5)c5ccccc5-6)c4)nc(-c4ccc5c(c4)oc4ccccc45)n3)cc2)cc1. The normalized spacial score (nSPS) is 14.3. The Morgan fingerprint density at radius 1 is 0.364 bits per heavy atom. The Morgan fingerprint density at radius 3 is 1.76 bits per heavy atom. The predicted molar refractivity (Wildman–Crippen MR) is 224 cm³/mol. The number of benzene rings is 7. The van der Waals surface area contributed by atoms with Gasteiger partial charge in [-0.05, 0) is 87.7 Å². The Balaban J connectivity index is 1.03. The van der Waals surface area contributed by atoms with Gasteiger partial charge in [0.05, 0.1) is 0 Å². The van der Waals surface area contributed by atoms with Crippen molar-refractivity contribution in [3.8, 4) is 67.5 Å². The van der Waals surface area contributed by atoms with E-state index in [1.165, 1.54) is 65.5 Å². The Morgan fingerprint density at radius 2 is 0.927 bits per heavy atom. The molecule has 2 heterocycles. The summed E-state index contributed by atoms with van der Waals surface area (Å²) < 4.78 is 6.29. The van der Waals surface area contributed by atoms with E-state index in [1.54, 1.807) is 0 Å². The summed E-state index contributed by atoms with van der Waals surface area (Å²) in [6, 6.07) is 58.2. The van der Waals surface area contributed by atoms with E-state index < -0.39 is 0 Å². The lowest BCUT2D eigenvalue weighted by molar-refractivity contribution is 0.353. The molecule has 55 heavy (non-hydrogen) atoms.